The molecule has 0 atom stereocenters. The number of benzene rings is 1. The third-order valence-corrected chi connectivity index (χ3v) is 3.36. The SMILES string of the molecule is CC(C)=CCc1cc(/C=C/C(=O)O)cc(C/C=C(/C)CO)c1O. The standard InChI is InChI=1S/C19H24O4/c1-13(2)4-7-16-10-15(6-9-18(21)22)11-17(19(16)23)8-5-14(3)12-20/h4-6,9-11,20,23H,7-8,12H2,1-3H3,(H,21,22)/b9-6+,14-5-. The molecule has 0 fully saturated rings. The van der Waals surface area contributed by atoms with E-state index < -0.39 is 5.97 Å². The summed E-state index contributed by atoms with van der Waals surface area (Å²) in [6, 6.07) is 3.56. The van der Waals surface area contributed by atoms with E-state index in [1.54, 1.807) is 12.1 Å². The number of allylic oxidation sites excluding steroid dienone is 3. The van der Waals surface area contributed by atoms with Crippen molar-refractivity contribution in [3.05, 3.63) is 58.2 Å². The molecule has 1 aromatic carbocycles. The molecule has 4 nitrogen and oxygen atoms in total. The van der Waals surface area contributed by atoms with Crippen LogP contribution in [0.15, 0.2) is 41.5 Å². The highest BCUT2D eigenvalue weighted by molar-refractivity contribution is 5.85. The van der Waals surface area contributed by atoms with Crippen LogP contribution in [0.1, 0.15) is 37.5 Å². The van der Waals surface area contributed by atoms with E-state index >= 15 is 0 Å². The van der Waals surface area contributed by atoms with Crippen LogP contribution in [0.25, 0.3) is 6.08 Å². The second kappa shape index (κ2) is 8.96. The summed E-state index contributed by atoms with van der Waals surface area (Å²) in [5.74, 6) is -0.793. The molecule has 0 aliphatic rings. The highest BCUT2D eigenvalue weighted by Crippen LogP contribution is 2.27. The molecular weight excluding hydrogens is 292 g/mol. The van der Waals surface area contributed by atoms with Crippen LogP contribution in [0.2, 0.25) is 0 Å². The number of aliphatic carboxylic acids is 1. The van der Waals surface area contributed by atoms with E-state index in [-0.39, 0.29) is 12.4 Å². The first-order valence-electron chi connectivity index (χ1n) is 7.49. The van der Waals surface area contributed by atoms with Crippen molar-refractivity contribution in [1.82, 2.24) is 0 Å². The molecule has 3 N–H and O–H groups in total. The van der Waals surface area contributed by atoms with Gasteiger partial charge in [0.1, 0.15) is 5.75 Å². The third kappa shape index (κ3) is 6.53. The topological polar surface area (TPSA) is 77.8 Å². The van der Waals surface area contributed by atoms with Gasteiger partial charge in [-0.3, -0.25) is 0 Å². The van der Waals surface area contributed by atoms with Crippen molar-refractivity contribution >= 4 is 12.0 Å². The Bertz CT molecular complexity index is 648. The fraction of sp³-hybridized carbons (Fsp3) is 0.316. The Morgan fingerprint density at radius 3 is 2.13 bits per heavy atom. The van der Waals surface area contributed by atoms with Gasteiger partial charge >= 0.3 is 5.97 Å². The van der Waals surface area contributed by atoms with Crippen LogP contribution in [0.3, 0.4) is 0 Å². The van der Waals surface area contributed by atoms with Crippen molar-refractivity contribution in [3.63, 3.8) is 0 Å². The molecule has 0 aromatic heterocycles. The lowest BCUT2D eigenvalue weighted by Gasteiger charge is -2.10. The smallest absolute Gasteiger partial charge is 0.328 e. The quantitative estimate of drug-likeness (QED) is 0.531. The number of aliphatic hydroxyl groups is 1. The predicted molar refractivity (Wildman–Crippen MR) is 92.5 cm³/mol. The van der Waals surface area contributed by atoms with E-state index in [9.17, 15) is 9.90 Å². The molecule has 0 saturated carbocycles. The number of carbonyl (C=O) groups is 1. The summed E-state index contributed by atoms with van der Waals surface area (Å²) in [6.45, 7) is 5.76. The average molecular weight is 316 g/mol. The van der Waals surface area contributed by atoms with E-state index in [1.165, 1.54) is 6.08 Å². The van der Waals surface area contributed by atoms with Crippen molar-refractivity contribution in [3.8, 4) is 5.75 Å². The summed E-state index contributed by atoms with van der Waals surface area (Å²) in [7, 11) is 0. The van der Waals surface area contributed by atoms with Crippen LogP contribution in [0, 0.1) is 0 Å². The Morgan fingerprint density at radius 2 is 1.65 bits per heavy atom. The lowest BCUT2D eigenvalue weighted by Crippen LogP contribution is -1.94. The number of rotatable bonds is 7. The zero-order valence-electron chi connectivity index (χ0n) is 13.8. The Morgan fingerprint density at radius 1 is 1.09 bits per heavy atom. The average Bonchev–Trinajstić information content (AvgIpc) is 2.50. The lowest BCUT2D eigenvalue weighted by atomic mass is 9.98. The number of phenols is 1. The number of hydrogen-bond acceptors (Lipinski definition) is 3. The molecule has 0 bridgehead atoms. The van der Waals surface area contributed by atoms with Gasteiger partial charge in [0.2, 0.25) is 0 Å². The highest BCUT2D eigenvalue weighted by atomic mass is 16.4. The van der Waals surface area contributed by atoms with Gasteiger partial charge in [0.05, 0.1) is 6.61 Å². The first kappa shape index (κ1) is 18.7. The zero-order valence-corrected chi connectivity index (χ0v) is 13.8. The second-order valence-electron chi connectivity index (χ2n) is 5.76. The number of carboxylic acid groups (broad SMARTS) is 1. The number of aromatic hydroxyl groups is 1. The predicted octanol–water partition coefficient (Wildman–Crippen LogP) is 3.48. The van der Waals surface area contributed by atoms with E-state index in [2.05, 4.69) is 0 Å². The van der Waals surface area contributed by atoms with Crippen LogP contribution >= 0.6 is 0 Å². The second-order valence-corrected chi connectivity index (χ2v) is 5.76. The van der Waals surface area contributed by atoms with Crippen LogP contribution in [-0.2, 0) is 17.6 Å². The molecule has 0 aliphatic heterocycles. The molecule has 1 rings (SSSR count). The number of hydrogen-bond donors (Lipinski definition) is 3. The van der Waals surface area contributed by atoms with Crippen molar-refractivity contribution in [1.29, 1.82) is 0 Å². The normalized spacial score (nSPS) is 11.7. The van der Waals surface area contributed by atoms with Gasteiger partial charge in [-0.1, -0.05) is 23.3 Å². The number of carboxylic acids is 1. The molecule has 4 heteroatoms. The summed E-state index contributed by atoms with van der Waals surface area (Å²) in [5.41, 5.74) is 4.16. The molecule has 23 heavy (non-hydrogen) atoms. The van der Waals surface area contributed by atoms with Gasteiger partial charge < -0.3 is 15.3 Å². The molecule has 0 saturated heterocycles. The molecule has 0 radical (unpaired) electrons. The Balaban J connectivity index is 3.25. The molecule has 1 aromatic rings. The maximum absolute atomic E-state index is 10.7. The fourth-order valence-corrected chi connectivity index (χ4v) is 2.02. The lowest BCUT2D eigenvalue weighted by molar-refractivity contribution is -0.131. The van der Waals surface area contributed by atoms with E-state index in [4.69, 9.17) is 10.2 Å². The van der Waals surface area contributed by atoms with Crippen LogP contribution in [0.4, 0.5) is 0 Å². The summed E-state index contributed by atoms with van der Waals surface area (Å²) < 4.78 is 0. The van der Waals surface area contributed by atoms with Crippen LogP contribution in [-0.4, -0.2) is 27.9 Å². The minimum absolute atomic E-state index is 0.0238. The van der Waals surface area contributed by atoms with Gasteiger partial charge in [0.25, 0.3) is 0 Å². The first-order chi connectivity index (χ1) is 10.8. The van der Waals surface area contributed by atoms with Gasteiger partial charge in [0, 0.05) is 6.08 Å². The Hall–Kier alpha value is -2.33. The van der Waals surface area contributed by atoms with Gasteiger partial charge in [0.15, 0.2) is 0 Å². The molecule has 0 spiro atoms. The van der Waals surface area contributed by atoms with Crippen molar-refractivity contribution in [2.45, 2.75) is 33.6 Å². The van der Waals surface area contributed by atoms with E-state index in [1.807, 2.05) is 32.9 Å². The highest BCUT2D eigenvalue weighted by Gasteiger charge is 2.08. The molecule has 124 valence electrons. The first-order valence-corrected chi connectivity index (χ1v) is 7.49. The van der Waals surface area contributed by atoms with Crippen LogP contribution in [0.5, 0.6) is 5.75 Å². The van der Waals surface area contributed by atoms with Crippen molar-refractivity contribution < 1.29 is 20.1 Å². The molecule has 0 heterocycles. The summed E-state index contributed by atoms with van der Waals surface area (Å²) >= 11 is 0. The van der Waals surface area contributed by atoms with E-state index in [0.717, 1.165) is 28.3 Å². The third-order valence-electron chi connectivity index (χ3n) is 3.36. The Labute approximate surface area is 137 Å². The maximum Gasteiger partial charge on any atom is 0.328 e. The molecule has 0 unspecified atom stereocenters. The molecular formula is C19H24O4. The van der Waals surface area contributed by atoms with Gasteiger partial charge in [-0.2, -0.15) is 0 Å². The minimum atomic E-state index is -1.01. The molecule has 0 aliphatic carbocycles. The minimum Gasteiger partial charge on any atom is -0.507 e. The van der Waals surface area contributed by atoms with Crippen molar-refractivity contribution in [2.75, 3.05) is 6.61 Å². The zero-order chi connectivity index (χ0) is 17.4. The largest absolute Gasteiger partial charge is 0.507 e. The monoisotopic (exact) mass is 316 g/mol. The number of phenolic OH excluding ortho intramolecular Hbond substituents is 1. The van der Waals surface area contributed by atoms with E-state index in [0.29, 0.717) is 18.4 Å². The van der Waals surface area contributed by atoms with Gasteiger partial charge in [-0.15, -0.1) is 0 Å². The fourth-order valence-electron chi connectivity index (χ4n) is 2.02. The summed E-state index contributed by atoms with van der Waals surface area (Å²) in [6.07, 6.45) is 7.52. The van der Waals surface area contributed by atoms with Crippen LogP contribution < -0.4 is 0 Å². The van der Waals surface area contributed by atoms with Gasteiger partial charge in [-0.05, 0) is 68.5 Å². The summed E-state index contributed by atoms with van der Waals surface area (Å²) in [5, 5.41) is 28.3. The van der Waals surface area contributed by atoms with Gasteiger partial charge in [-0.25, -0.2) is 4.79 Å². The molecule has 0 amide bonds. The maximum atomic E-state index is 10.7. The number of aliphatic hydroxyl groups excluding tert-OH is 1. The van der Waals surface area contributed by atoms with Crippen molar-refractivity contribution in [2.24, 2.45) is 0 Å². The summed E-state index contributed by atoms with van der Waals surface area (Å²) in [4.78, 5) is 10.7. The Kier molecular flexibility index (Phi) is 7.29.